The van der Waals surface area contributed by atoms with Gasteiger partial charge in [0.05, 0.1) is 23.4 Å². The normalized spacial score (nSPS) is 17.8. The van der Waals surface area contributed by atoms with Crippen molar-refractivity contribution in [2.75, 3.05) is 6.61 Å². The lowest BCUT2D eigenvalue weighted by atomic mass is 9.81. The van der Waals surface area contributed by atoms with Crippen LogP contribution < -0.4 is 0 Å². The molecule has 2 unspecified atom stereocenters. The SMILES string of the molecule is CCOC(=O)c1cc(F)cc(SC2=C(C)CC(c3cnn(C(C)C)c3)C(C)c3c2ccc(Cl)c3F)c1. The third-order valence-corrected chi connectivity index (χ3v) is 8.07. The summed E-state index contributed by atoms with van der Waals surface area (Å²) in [6, 6.07) is 7.74. The van der Waals surface area contributed by atoms with Crippen LogP contribution in [0.15, 0.2) is 53.2 Å². The number of carbonyl (C=O) groups is 1. The number of nitrogens with zero attached hydrogens (tertiary/aromatic N) is 2. The quantitative estimate of drug-likeness (QED) is 0.300. The van der Waals surface area contributed by atoms with Gasteiger partial charge in [0.25, 0.3) is 0 Å². The minimum atomic E-state index is -0.584. The molecule has 0 bridgehead atoms. The van der Waals surface area contributed by atoms with Crippen molar-refractivity contribution in [3.63, 3.8) is 0 Å². The number of fused-ring (bicyclic) bond motifs is 1. The molecule has 0 saturated carbocycles. The van der Waals surface area contributed by atoms with Gasteiger partial charge in [0.1, 0.15) is 11.6 Å². The Morgan fingerprint density at radius 3 is 2.69 bits per heavy atom. The largest absolute Gasteiger partial charge is 0.462 e. The van der Waals surface area contributed by atoms with E-state index < -0.39 is 17.6 Å². The number of rotatable bonds is 6. The maximum Gasteiger partial charge on any atom is 0.338 e. The highest BCUT2D eigenvalue weighted by atomic mass is 35.5. The van der Waals surface area contributed by atoms with Crippen LogP contribution in [-0.2, 0) is 4.74 Å². The molecule has 36 heavy (non-hydrogen) atoms. The first-order chi connectivity index (χ1) is 17.1. The van der Waals surface area contributed by atoms with Crippen molar-refractivity contribution in [3.05, 3.63) is 87.2 Å². The van der Waals surface area contributed by atoms with Crippen LogP contribution in [0.25, 0.3) is 4.91 Å². The van der Waals surface area contributed by atoms with E-state index in [1.165, 1.54) is 17.8 Å². The standard InChI is InChI=1S/C28H29ClF2N2O2S/c1-6-35-28(34)18-10-20(30)12-21(11-18)36-27-16(4)9-23(19-13-32-33(14-19)15(2)3)17(5)25-22(27)7-8-24(29)26(25)31/h7-8,10-15,17,23H,6,9H2,1-5H3. The van der Waals surface area contributed by atoms with Gasteiger partial charge >= 0.3 is 5.97 Å². The zero-order valence-corrected chi connectivity index (χ0v) is 22.5. The van der Waals surface area contributed by atoms with Gasteiger partial charge in [-0.05, 0) is 81.3 Å². The highest BCUT2D eigenvalue weighted by molar-refractivity contribution is 8.08. The van der Waals surface area contributed by atoms with Crippen LogP contribution in [0.3, 0.4) is 0 Å². The predicted molar refractivity (Wildman–Crippen MR) is 141 cm³/mol. The summed E-state index contributed by atoms with van der Waals surface area (Å²) in [6.45, 7) is 10.0. The lowest BCUT2D eigenvalue weighted by molar-refractivity contribution is 0.0525. The van der Waals surface area contributed by atoms with Crippen LogP contribution in [0.4, 0.5) is 8.78 Å². The van der Waals surface area contributed by atoms with Crippen LogP contribution in [-0.4, -0.2) is 22.4 Å². The maximum absolute atomic E-state index is 15.6. The fourth-order valence-electron chi connectivity index (χ4n) is 4.69. The second-order valence-electron chi connectivity index (χ2n) is 9.38. The molecule has 0 amide bonds. The van der Waals surface area contributed by atoms with Crippen molar-refractivity contribution < 1.29 is 18.3 Å². The summed E-state index contributed by atoms with van der Waals surface area (Å²) in [4.78, 5) is 13.6. The van der Waals surface area contributed by atoms with E-state index in [0.717, 1.165) is 27.7 Å². The summed E-state index contributed by atoms with van der Waals surface area (Å²) < 4.78 is 37.0. The molecule has 0 fully saturated rings. The van der Waals surface area contributed by atoms with Gasteiger partial charge < -0.3 is 4.74 Å². The second-order valence-corrected chi connectivity index (χ2v) is 10.9. The smallest absolute Gasteiger partial charge is 0.338 e. The molecule has 4 nitrogen and oxygen atoms in total. The van der Waals surface area contributed by atoms with Crippen LogP contribution in [0, 0.1) is 11.6 Å². The monoisotopic (exact) mass is 530 g/mol. The number of halogens is 3. The lowest BCUT2D eigenvalue weighted by Crippen LogP contribution is -2.10. The molecule has 8 heteroatoms. The van der Waals surface area contributed by atoms with E-state index in [1.807, 2.05) is 37.0 Å². The van der Waals surface area contributed by atoms with E-state index in [1.54, 1.807) is 19.1 Å². The Bertz CT molecular complexity index is 1340. The van der Waals surface area contributed by atoms with Crippen molar-refractivity contribution in [2.24, 2.45) is 0 Å². The third-order valence-electron chi connectivity index (χ3n) is 6.53. The Hall–Kier alpha value is -2.64. The van der Waals surface area contributed by atoms with Gasteiger partial charge in [-0.25, -0.2) is 13.6 Å². The molecule has 1 aromatic heterocycles. The van der Waals surface area contributed by atoms with Crippen LogP contribution in [0.1, 0.15) is 86.0 Å². The van der Waals surface area contributed by atoms with E-state index in [0.29, 0.717) is 16.9 Å². The molecular weight excluding hydrogens is 502 g/mol. The number of carbonyl (C=O) groups excluding carboxylic acids is 1. The fraction of sp³-hybridized carbons (Fsp3) is 0.357. The summed E-state index contributed by atoms with van der Waals surface area (Å²) in [5.41, 5.74) is 3.47. The summed E-state index contributed by atoms with van der Waals surface area (Å²) in [5, 5.41) is 4.57. The molecule has 1 heterocycles. The van der Waals surface area contributed by atoms with Crippen molar-refractivity contribution in [2.45, 2.75) is 63.8 Å². The van der Waals surface area contributed by atoms with Gasteiger partial charge in [0.15, 0.2) is 0 Å². The van der Waals surface area contributed by atoms with Gasteiger partial charge in [-0.2, -0.15) is 5.10 Å². The highest BCUT2D eigenvalue weighted by Gasteiger charge is 2.33. The number of esters is 1. The Labute approximate surface area is 219 Å². The number of hydrogen-bond acceptors (Lipinski definition) is 4. The molecule has 0 spiro atoms. The minimum absolute atomic E-state index is 0.0232. The Kier molecular flexibility index (Phi) is 7.90. The van der Waals surface area contributed by atoms with Crippen molar-refractivity contribution >= 4 is 34.2 Å². The van der Waals surface area contributed by atoms with Crippen molar-refractivity contribution in [3.8, 4) is 0 Å². The van der Waals surface area contributed by atoms with Gasteiger partial charge in [-0.1, -0.05) is 41.9 Å². The molecule has 0 saturated heterocycles. The average Bonchev–Trinajstić information content (AvgIpc) is 3.29. The first-order valence-electron chi connectivity index (χ1n) is 12.0. The molecule has 1 aliphatic rings. The number of ether oxygens (including phenoxy) is 1. The summed E-state index contributed by atoms with van der Waals surface area (Å²) in [6.07, 6.45) is 4.55. The first-order valence-corrected chi connectivity index (χ1v) is 13.2. The summed E-state index contributed by atoms with van der Waals surface area (Å²) >= 11 is 7.56. The van der Waals surface area contributed by atoms with Gasteiger partial charge in [0, 0.05) is 27.6 Å². The van der Waals surface area contributed by atoms with Gasteiger partial charge in [0.2, 0.25) is 0 Å². The summed E-state index contributed by atoms with van der Waals surface area (Å²) in [5.74, 6) is -1.77. The van der Waals surface area contributed by atoms with Crippen LogP contribution >= 0.6 is 23.4 Å². The van der Waals surface area contributed by atoms with E-state index in [9.17, 15) is 9.18 Å². The van der Waals surface area contributed by atoms with Crippen molar-refractivity contribution in [1.29, 1.82) is 0 Å². The zero-order chi connectivity index (χ0) is 26.1. The fourth-order valence-corrected chi connectivity index (χ4v) is 5.99. The van der Waals surface area contributed by atoms with Gasteiger partial charge in [-0.15, -0.1) is 0 Å². The van der Waals surface area contributed by atoms with Crippen LogP contribution in [0.2, 0.25) is 5.02 Å². The van der Waals surface area contributed by atoms with Crippen LogP contribution in [0.5, 0.6) is 0 Å². The molecule has 4 rings (SSSR count). The maximum atomic E-state index is 15.6. The molecule has 0 aliphatic heterocycles. The van der Waals surface area contributed by atoms with E-state index in [4.69, 9.17) is 16.3 Å². The number of hydrogen-bond donors (Lipinski definition) is 0. The van der Waals surface area contributed by atoms with Gasteiger partial charge in [-0.3, -0.25) is 4.68 Å². The number of allylic oxidation sites excluding steroid dienone is 1. The van der Waals surface area contributed by atoms with E-state index in [-0.39, 0.29) is 35.1 Å². The Morgan fingerprint density at radius 1 is 1.28 bits per heavy atom. The molecule has 2 atom stereocenters. The first kappa shape index (κ1) is 26.4. The molecule has 3 aromatic rings. The topological polar surface area (TPSA) is 44.1 Å². The lowest BCUT2D eigenvalue weighted by Gasteiger charge is -2.23. The molecule has 0 N–H and O–H groups in total. The third kappa shape index (κ3) is 5.23. The summed E-state index contributed by atoms with van der Waals surface area (Å²) in [7, 11) is 0. The minimum Gasteiger partial charge on any atom is -0.462 e. The number of benzene rings is 2. The molecule has 2 aromatic carbocycles. The number of thioether (sulfide) groups is 1. The average molecular weight is 531 g/mol. The highest BCUT2D eigenvalue weighted by Crippen LogP contribution is 2.51. The Morgan fingerprint density at radius 2 is 2.03 bits per heavy atom. The number of aromatic nitrogens is 2. The Balaban J connectivity index is 1.82. The molecule has 0 radical (unpaired) electrons. The zero-order valence-electron chi connectivity index (χ0n) is 20.9. The molecular formula is C28H29ClF2N2O2S. The van der Waals surface area contributed by atoms with E-state index in [2.05, 4.69) is 18.9 Å². The molecule has 1 aliphatic carbocycles. The second kappa shape index (κ2) is 10.8. The van der Waals surface area contributed by atoms with E-state index >= 15 is 4.39 Å². The predicted octanol–water partition coefficient (Wildman–Crippen LogP) is 8.39. The molecule has 190 valence electrons. The van der Waals surface area contributed by atoms with Crippen molar-refractivity contribution in [1.82, 2.24) is 9.78 Å².